The first-order valence-corrected chi connectivity index (χ1v) is 7.46. The molecule has 1 N–H and O–H groups in total. The zero-order chi connectivity index (χ0) is 13.9. The van der Waals surface area contributed by atoms with Gasteiger partial charge in [0.1, 0.15) is 11.9 Å². The van der Waals surface area contributed by atoms with Gasteiger partial charge in [-0.1, -0.05) is 6.42 Å². The van der Waals surface area contributed by atoms with Crippen molar-refractivity contribution in [3.05, 3.63) is 29.8 Å². The summed E-state index contributed by atoms with van der Waals surface area (Å²) >= 11 is 0. The third-order valence-corrected chi connectivity index (χ3v) is 4.47. The molecule has 1 heterocycles. The van der Waals surface area contributed by atoms with Crippen molar-refractivity contribution in [3.63, 3.8) is 0 Å². The number of halogens is 1. The minimum absolute atomic E-state index is 0. The number of aromatic carboxylic acids is 1. The van der Waals surface area contributed by atoms with Gasteiger partial charge in [0.05, 0.1) is 5.56 Å². The van der Waals surface area contributed by atoms with Gasteiger partial charge in [-0.2, -0.15) is 0 Å². The van der Waals surface area contributed by atoms with Crippen molar-refractivity contribution >= 4 is 18.4 Å². The number of ether oxygens (including phenoxy) is 1. The number of piperidine rings is 1. The van der Waals surface area contributed by atoms with Crippen LogP contribution in [-0.2, 0) is 0 Å². The van der Waals surface area contributed by atoms with Crippen LogP contribution >= 0.6 is 12.4 Å². The Morgan fingerprint density at radius 3 is 2.19 bits per heavy atom. The van der Waals surface area contributed by atoms with Gasteiger partial charge in [0, 0.05) is 19.1 Å². The lowest BCUT2D eigenvalue weighted by atomic mass is 9.90. The van der Waals surface area contributed by atoms with Gasteiger partial charge >= 0.3 is 5.97 Å². The molecule has 0 bridgehead atoms. The Balaban J connectivity index is 0.00000161. The van der Waals surface area contributed by atoms with Crippen LogP contribution in [0.5, 0.6) is 5.75 Å². The molecule has 0 atom stereocenters. The summed E-state index contributed by atoms with van der Waals surface area (Å²) < 4.78 is 5.95. The molecule has 0 amide bonds. The minimum Gasteiger partial charge on any atom is -0.490 e. The fourth-order valence-electron chi connectivity index (χ4n) is 2.98. The Hall–Kier alpha value is -1.26. The molecular weight excluding hydrogens is 290 g/mol. The third kappa shape index (κ3) is 3.89. The van der Waals surface area contributed by atoms with Gasteiger partial charge in [0.2, 0.25) is 0 Å². The SMILES string of the molecule is Cl.O=C(O)c1ccc(OC2CCN(C3CCC3)CC2)cc1. The predicted molar refractivity (Wildman–Crippen MR) is 83.5 cm³/mol. The third-order valence-electron chi connectivity index (χ3n) is 4.47. The first-order chi connectivity index (χ1) is 9.72. The Kier molecular flexibility index (Phi) is 5.48. The van der Waals surface area contributed by atoms with Gasteiger partial charge in [-0.25, -0.2) is 4.79 Å². The van der Waals surface area contributed by atoms with E-state index < -0.39 is 5.97 Å². The lowest BCUT2D eigenvalue weighted by molar-refractivity contribution is 0.0493. The zero-order valence-electron chi connectivity index (χ0n) is 12.0. The Morgan fingerprint density at radius 2 is 1.71 bits per heavy atom. The number of rotatable bonds is 4. The molecule has 1 saturated carbocycles. The van der Waals surface area contributed by atoms with Crippen LogP contribution in [-0.4, -0.2) is 41.2 Å². The van der Waals surface area contributed by atoms with Gasteiger partial charge in [-0.3, -0.25) is 0 Å². The molecule has 1 aromatic carbocycles. The van der Waals surface area contributed by atoms with Crippen LogP contribution < -0.4 is 4.74 Å². The topological polar surface area (TPSA) is 49.8 Å². The van der Waals surface area contributed by atoms with E-state index in [0.29, 0.717) is 5.56 Å². The molecule has 0 spiro atoms. The second kappa shape index (κ2) is 7.14. The highest BCUT2D eigenvalue weighted by Crippen LogP contribution is 2.28. The lowest BCUT2D eigenvalue weighted by Gasteiger charge is -2.41. The van der Waals surface area contributed by atoms with Gasteiger partial charge in [0.25, 0.3) is 0 Å². The summed E-state index contributed by atoms with van der Waals surface area (Å²) in [6, 6.07) is 7.53. The maximum Gasteiger partial charge on any atom is 0.335 e. The van der Waals surface area contributed by atoms with Crippen LogP contribution in [0.2, 0.25) is 0 Å². The number of carboxylic acid groups (broad SMARTS) is 1. The number of likely N-dealkylation sites (tertiary alicyclic amines) is 1. The molecule has 0 radical (unpaired) electrons. The number of carbonyl (C=O) groups is 1. The van der Waals surface area contributed by atoms with E-state index in [1.807, 2.05) is 0 Å². The fraction of sp³-hybridized carbons (Fsp3) is 0.562. The average molecular weight is 312 g/mol. The minimum atomic E-state index is -0.898. The molecule has 116 valence electrons. The van der Waals surface area contributed by atoms with E-state index in [0.717, 1.165) is 37.7 Å². The molecule has 1 aromatic rings. The molecule has 1 aliphatic carbocycles. The highest BCUT2D eigenvalue weighted by Gasteiger charge is 2.29. The Labute approximate surface area is 131 Å². The zero-order valence-corrected chi connectivity index (χ0v) is 12.8. The second-order valence-electron chi connectivity index (χ2n) is 5.77. The molecule has 0 unspecified atom stereocenters. The van der Waals surface area contributed by atoms with Crippen molar-refractivity contribution in [3.8, 4) is 5.75 Å². The maximum atomic E-state index is 10.8. The van der Waals surface area contributed by atoms with E-state index in [4.69, 9.17) is 9.84 Å². The molecule has 5 heteroatoms. The second-order valence-corrected chi connectivity index (χ2v) is 5.77. The summed E-state index contributed by atoms with van der Waals surface area (Å²) in [5.74, 6) is -0.123. The summed E-state index contributed by atoms with van der Waals surface area (Å²) in [7, 11) is 0. The van der Waals surface area contributed by atoms with Gasteiger partial charge in [-0.05, 0) is 49.9 Å². The van der Waals surface area contributed by atoms with E-state index in [-0.39, 0.29) is 18.5 Å². The molecular formula is C16H22ClNO3. The Morgan fingerprint density at radius 1 is 1.10 bits per heavy atom. The van der Waals surface area contributed by atoms with Crippen LogP contribution in [0.25, 0.3) is 0 Å². The van der Waals surface area contributed by atoms with Gasteiger partial charge < -0.3 is 14.7 Å². The number of hydrogen-bond acceptors (Lipinski definition) is 3. The highest BCUT2D eigenvalue weighted by molar-refractivity contribution is 5.87. The molecule has 3 rings (SSSR count). The van der Waals surface area contributed by atoms with E-state index >= 15 is 0 Å². The molecule has 2 fully saturated rings. The van der Waals surface area contributed by atoms with Crippen molar-refractivity contribution in [1.82, 2.24) is 4.90 Å². The molecule has 4 nitrogen and oxygen atoms in total. The van der Waals surface area contributed by atoms with Gasteiger partial charge in [-0.15, -0.1) is 12.4 Å². The molecule has 2 aliphatic rings. The van der Waals surface area contributed by atoms with E-state index in [9.17, 15) is 4.79 Å². The van der Waals surface area contributed by atoms with Crippen molar-refractivity contribution in [1.29, 1.82) is 0 Å². The molecule has 0 aromatic heterocycles. The van der Waals surface area contributed by atoms with Crippen molar-refractivity contribution in [2.45, 2.75) is 44.2 Å². The van der Waals surface area contributed by atoms with Crippen LogP contribution in [0.15, 0.2) is 24.3 Å². The summed E-state index contributed by atoms with van der Waals surface area (Å²) in [4.78, 5) is 13.4. The van der Waals surface area contributed by atoms with Crippen molar-refractivity contribution in [2.24, 2.45) is 0 Å². The normalized spacial score (nSPS) is 20.4. The molecule has 21 heavy (non-hydrogen) atoms. The lowest BCUT2D eigenvalue weighted by Crippen LogP contribution is -2.46. The Bertz CT molecular complexity index is 465. The first-order valence-electron chi connectivity index (χ1n) is 7.46. The number of carboxylic acids is 1. The fourth-order valence-corrected chi connectivity index (χ4v) is 2.98. The quantitative estimate of drug-likeness (QED) is 0.927. The van der Waals surface area contributed by atoms with Crippen molar-refractivity contribution in [2.75, 3.05) is 13.1 Å². The molecule has 1 aliphatic heterocycles. The van der Waals surface area contributed by atoms with E-state index in [1.165, 1.54) is 19.3 Å². The summed E-state index contributed by atoms with van der Waals surface area (Å²) in [5, 5.41) is 8.86. The first kappa shape index (κ1) is 16.1. The maximum absolute atomic E-state index is 10.8. The number of hydrogen-bond donors (Lipinski definition) is 1. The van der Waals surface area contributed by atoms with E-state index in [2.05, 4.69) is 4.90 Å². The highest BCUT2D eigenvalue weighted by atomic mass is 35.5. The van der Waals surface area contributed by atoms with Crippen LogP contribution in [0.1, 0.15) is 42.5 Å². The van der Waals surface area contributed by atoms with Crippen LogP contribution in [0, 0.1) is 0 Å². The largest absolute Gasteiger partial charge is 0.490 e. The summed E-state index contributed by atoms with van der Waals surface area (Å²) in [6.07, 6.45) is 6.51. The standard InChI is InChI=1S/C16H21NO3.ClH/c18-16(19)12-4-6-14(7-5-12)20-15-8-10-17(11-9-15)13-2-1-3-13;/h4-7,13,15H,1-3,8-11H2,(H,18,19);1H. The summed E-state index contributed by atoms with van der Waals surface area (Å²) in [6.45, 7) is 2.26. The van der Waals surface area contributed by atoms with Crippen LogP contribution in [0.4, 0.5) is 0 Å². The summed E-state index contributed by atoms with van der Waals surface area (Å²) in [5.41, 5.74) is 0.303. The predicted octanol–water partition coefficient (Wildman–Crippen LogP) is 3.20. The average Bonchev–Trinajstić information content (AvgIpc) is 2.39. The number of benzene rings is 1. The smallest absolute Gasteiger partial charge is 0.335 e. The van der Waals surface area contributed by atoms with Crippen LogP contribution in [0.3, 0.4) is 0 Å². The monoisotopic (exact) mass is 311 g/mol. The number of nitrogens with zero attached hydrogens (tertiary/aromatic N) is 1. The van der Waals surface area contributed by atoms with Gasteiger partial charge in [0.15, 0.2) is 0 Å². The van der Waals surface area contributed by atoms with Crippen molar-refractivity contribution < 1.29 is 14.6 Å². The van der Waals surface area contributed by atoms with E-state index in [1.54, 1.807) is 24.3 Å². The molecule has 1 saturated heterocycles.